The van der Waals surface area contributed by atoms with Crippen molar-refractivity contribution in [2.24, 2.45) is 0 Å². The summed E-state index contributed by atoms with van der Waals surface area (Å²) in [5.74, 6) is -1.62. The number of carbonyl (C=O) groups excluding carboxylic acids is 1. The summed E-state index contributed by atoms with van der Waals surface area (Å²) in [6.07, 6.45) is -0.993. The van der Waals surface area contributed by atoms with Crippen LogP contribution in [0.2, 0.25) is 0 Å². The van der Waals surface area contributed by atoms with Gasteiger partial charge in [0.05, 0.1) is 6.42 Å². The number of ether oxygens (including phenoxy) is 1. The first-order valence-corrected chi connectivity index (χ1v) is 4.18. The summed E-state index contributed by atoms with van der Waals surface area (Å²) in [5, 5.41) is 8.83. The monoisotopic (exact) mass is 192 g/mol. The molecule has 0 spiro atoms. The van der Waals surface area contributed by atoms with Crippen LogP contribution in [-0.4, -0.2) is 17.0 Å². The highest BCUT2D eigenvalue weighted by molar-refractivity contribution is 5.84. The number of carboxylic acids is 1. The topological polar surface area (TPSA) is 63.6 Å². The van der Waals surface area contributed by atoms with Crippen LogP contribution in [-0.2, 0) is 20.7 Å². The molecule has 0 aromatic heterocycles. The van der Waals surface area contributed by atoms with Crippen molar-refractivity contribution >= 4 is 11.9 Å². The molecular formula is C10H8O4. The van der Waals surface area contributed by atoms with E-state index in [-0.39, 0.29) is 6.42 Å². The van der Waals surface area contributed by atoms with Crippen molar-refractivity contribution in [2.45, 2.75) is 12.5 Å². The smallest absolute Gasteiger partial charge is 0.349 e. The molecule has 72 valence electrons. The lowest BCUT2D eigenvalue weighted by Gasteiger charge is -2.21. The molecule has 1 aliphatic rings. The molecule has 1 aliphatic heterocycles. The van der Waals surface area contributed by atoms with E-state index in [0.717, 1.165) is 5.56 Å². The Kier molecular flexibility index (Phi) is 1.96. The van der Waals surface area contributed by atoms with E-state index >= 15 is 0 Å². The van der Waals surface area contributed by atoms with Gasteiger partial charge in [0.1, 0.15) is 0 Å². The number of carbonyl (C=O) groups is 2. The Labute approximate surface area is 80.1 Å². The molecule has 0 saturated carbocycles. The molecule has 0 bridgehead atoms. The summed E-state index contributed by atoms with van der Waals surface area (Å²) in [5.41, 5.74) is 1.30. The third-order valence-corrected chi connectivity index (χ3v) is 2.15. The Morgan fingerprint density at radius 3 is 2.86 bits per heavy atom. The maximum absolute atomic E-state index is 11.1. The summed E-state index contributed by atoms with van der Waals surface area (Å²) in [6, 6.07) is 6.91. The highest BCUT2D eigenvalue weighted by atomic mass is 16.6. The summed E-state index contributed by atoms with van der Waals surface area (Å²) >= 11 is 0. The fourth-order valence-corrected chi connectivity index (χ4v) is 1.53. The molecule has 0 saturated heterocycles. The predicted molar refractivity (Wildman–Crippen MR) is 46.6 cm³/mol. The first-order chi connectivity index (χ1) is 6.68. The largest absolute Gasteiger partial charge is 0.478 e. The predicted octanol–water partition coefficient (Wildman–Crippen LogP) is 0.912. The molecule has 1 atom stereocenters. The van der Waals surface area contributed by atoms with Crippen LogP contribution in [0.4, 0.5) is 0 Å². The Bertz CT molecular complexity index is 397. The number of hydrogen-bond acceptors (Lipinski definition) is 3. The quantitative estimate of drug-likeness (QED) is 0.672. The van der Waals surface area contributed by atoms with E-state index < -0.39 is 18.0 Å². The van der Waals surface area contributed by atoms with Crippen molar-refractivity contribution in [3.8, 4) is 0 Å². The first-order valence-electron chi connectivity index (χ1n) is 4.18. The second-order valence-corrected chi connectivity index (χ2v) is 3.08. The molecule has 4 nitrogen and oxygen atoms in total. The molecular weight excluding hydrogens is 184 g/mol. The van der Waals surface area contributed by atoms with Gasteiger partial charge in [-0.15, -0.1) is 0 Å². The number of cyclic esters (lactones) is 1. The second-order valence-electron chi connectivity index (χ2n) is 3.08. The third kappa shape index (κ3) is 1.35. The lowest BCUT2D eigenvalue weighted by molar-refractivity contribution is -0.165. The molecule has 1 aromatic rings. The van der Waals surface area contributed by atoms with E-state index in [1.807, 2.05) is 0 Å². The Morgan fingerprint density at radius 1 is 1.43 bits per heavy atom. The van der Waals surface area contributed by atoms with Crippen molar-refractivity contribution in [2.75, 3.05) is 0 Å². The van der Waals surface area contributed by atoms with Gasteiger partial charge in [-0.05, 0) is 5.56 Å². The number of fused-ring (bicyclic) bond motifs is 1. The summed E-state index contributed by atoms with van der Waals surface area (Å²) in [7, 11) is 0. The molecule has 0 unspecified atom stereocenters. The van der Waals surface area contributed by atoms with E-state index in [1.54, 1.807) is 24.3 Å². The van der Waals surface area contributed by atoms with Gasteiger partial charge in [-0.1, -0.05) is 24.3 Å². The van der Waals surface area contributed by atoms with Gasteiger partial charge in [0.25, 0.3) is 0 Å². The van der Waals surface area contributed by atoms with E-state index in [2.05, 4.69) is 0 Å². The van der Waals surface area contributed by atoms with Gasteiger partial charge in [-0.25, -0.2) is 4.79 Å². The summed E-state index contributed by atoms with van der Waals surface area (Å²) in [6.45, 7) is 0. The van der Waals surface area contributed by atoms with E-state index in [1.165, 1.54) is 0 Å². The van der Waals surface area contributed by atoms with Crippen LogP contribution in [0, 0.1) is 0 Å². The normalized spacial score (nSPS) is 19.7. The average Bonchev–Trinajstić information content (AvgIpc) is 2.16. The van der Waals surface area contributed by atoms with Crippen LogP contribution >= 0.6 is 0 Å². The van der Waals surface area contributed by atoms with Crippen LogP contribution in [0.1, 0.15) is 17.2 Å². The zero-order valence-electron chi connectivity index (χ0n) is 7.27. The Hall–Kier alpha value is -1.84. The Balaban J connectivity index is 2.48. The number of benzene rings is 1. The molecule has 0 fully saturated rings. The summed E-state index contributed by atoms with van der Waals surface area (Å²) < 4.78 is 4.74. The van der Waals surface area contributed by atoms with Gasteiger partial charge in [-0.3, -0.25) is 4.79 Å². The van der Waals surface area contributed by atoms with Crippen LogP contribution in [0.5, 0.6) is 0 Å². The number of rotatable bonds is 1. The minimum Gasteiger partial charge on any atom is -0.478 e. The van der Waals surface area contributed by atoms with Crippen molar-refractivity contribution in [3.63, 3.8) is 0 Å². The van der Waals surface area contributed by atoms with Gasteiger partial charge in [0, 0.05) is 5.56 Å². The van der Waals surface area contributed by atoms with Crippen LogP contribution in [0.3, 0.4) is 0 Å². The minimum atomic E-state index is -1.15. The fourth-order valence-electron chi connectivity index (χ4n) is 1.53. The van der Waals surface area contributed by atoms with E-state index in [9.17, 15) is 9.59 Å². The fraction of sp³-hybridized carbons (Fsp3) is 0.200. The minimum absolute atomic E-state index is 0.153. The standard InChI is InChI=1S/C10H8O4/c11-8-5-6-3-1-2-4-7(6)9(14-8)10(12)13/h1-4,9H,5H2,(H,12,13)/t9-/m1/s1. The number of hydrogen-bond donors (Lipinski definition) is 1. The maximum Gasteiger partial charge on any atom is 0.349 e. The molecule has 2 rings (SSSR count). The average molecular weight is 192 g/mol. The number of esters is 1. The SMILES string of the molecule is O=C1Cc2ccccc2[C@H](C(=O)O)O1. The highest BCUT2D eigenvalue weighted by Gasteiger charge is 2.31. The highest BCUT2D eigenvalue weighted by Crippen LogP contribution is 2.27. The van der Waals surface area contributed by atoms with Crippen LogP contribution in [0.15, 0.2) is 24.3 Å². The first kappa shape index (κ1) is 8.74. The molecule has 1 heterocycles. The molecule has 0 aliphatic carbocycles. The van der Waals surface area contributed by atoms with Crippen LogP contribution < -0.4 is 0 Å². The zero-order chi connectivity index (χ0) is 10.1. The third-order valence-electron chi connectivity index (χ3n) is 2.15. The van der Waals surface area contributed by atoms with Crippen LogP contribution in [0.25, 0.3) is 0 Å². The lowest BCUT2D eigenvalue weighted by atomic mass is 9.97. The van der Waals surface area contributed by atoms with E-state index in [0.29, 0.717) is 5.56 Å². The lowest BCUT2D eigenvalue weighted by Crippen LogP contribution is -2.26. The number of aliphatic carboxylic acids is 1. The maximum atomic E-state index is 11.1. The van der Waals surface area contributed by atoms with Crippen molar-refractivity contribution in [1.82, 2.24) is 0 Å². The molecule has 1 aromatic carbocycles. The van der Waals surface area contributed by atoms with Gasteiger partial charge in [0.15, 0.2) is 0 Å². The van der Waals surface area contributed by atoms with Crippen molar-refractivity contribution < 1.29 is 19.4 Å². The zero-order valence-corrected chi connectivity index (χ0v) is 7.27. The second kappa shape index (κ2) is 3.14. The molecule has 0 amide bonds. The van der Waals surface area contributed by atoms with Gasteiger partial charge >= 0.3 is 11.9 Å². The van der Waals surface area contributed by atoms with Gasteiger partial charge in [-0.2, -0.15) is 0 Å². The Morgan fingerprint density at radius 2 is 2.14 bits per heavy atom. The van der Waals surface area contributed by atoms with E-state index in [4.69, 9.17) is 9.84 Å². The van der Waals surface area contributed by atoms with Gasteiger partial charge < -0.3 is 9.84 Å². The molecule has 4 heteroatoms. The summed E-state index contributed by atoms with van der Waals surface area (Å²) in [4.78, 5) is 21.8. The molecule has 0 radical (unpaired) electrons. The molecule has 14 heavy (non-hydrogen) atoms. The van der Waals surface area contributed by atoms with Gasteiger partial charge in [0.2, 0.25) is 6.10 Å². The number of carboxylic acid groups (broad SMARTS) is 1. The van der Waals surface area contributed by atoms with Crippen molar-refractivity contribution in [1.29, 1.82) is 0 Å². The molecule has 1 N–H and O–H groups in total. The van der Waals surface area contributed by atoms with Crippen molar-refractivity contribution in [3.05, 3.63) is 35.4 Å².